The number of nitriles is 1. The standard InChI is InChI=1S/C22H24Cl2N2.C7H15NO/c1-21(2,3)12-20-22(14-25,16-7-9-17(23)10-8-16)19(13-26-20)15-5-4-6-18(24)11-15;1-3-7(4-2)5-8-6-9/h4-11,19-20,26H,12-13H2,1-3H3;6-7H,3-5H2,1-2H3,(H,8,9)/t19?,20-,22+;/m0./s1. The molecule has 1 saturated heterocycles. The molecule has 2 aromatic carbocycles. The van der Waals surface area contributed by atoms with E-state index in [2.05, 4.69) is 57.4 Å². The zero-order valence-corrected chi connectivity index (χ0v) is 23.1. The van der Waals surface area contributed by atoms with Crippen LogP contribution in [0.15, 0.2) is 48.5 Å². The third-order valence-corrected chi connectivity index (χ3v) is 7.37. The van der Waals surface area contributed by atoms with E-state index >= 15 is 0 Å². The molecular weight excluding hydrogens is 477 g/mol. The minimum absolute atomic E-state index is 0.0275. The van der Waals surface area contributed by atoms with Crippen molar-refractivity contribution < 1.29 is 4.79 Å². The number of carbonyl (C=O) groups is 1. The van der Waals surface area contributed by atoms with E-state index in [4.69, 9.17) is 23.2 Å². The summed E-state index contributed by atoms with van der Waals surface area (Å²) in [6.07, 6.45) is 3.97. The summed E-state index contributed by atoms with van der Waals surface area (Å²) in [5.74, 6) is 0.690. The summed E-state index contributed by atoms with van der Waals surface area (Å²) in [6, 6.07) is 18.4. The van der Waals surface area contributed by atoms with Crippen LogP contribution in [0.5, 0.6) is 0 Å². The first-order chi connectivity index (χ1) is 16.6. The van der Waals surface area contributed by atoms with Gasteiger partial charge in [0.2, 0.25) is 6.41 Å². The van der Waals surface area contributed by atoms with Gasteiger partial charge < -0.3 is 10.6 Å². The zero-order valence-electron chi connectivity index (χ0n) is 21.6. The van der Waals surface area contributed by atoms with Gasteiger partial charge in [-0.15, -0.1) is 0 Å². The minimum Gasteiger partial charge on any atom is -0.358 e. The molecule has 0 aromatic heterocycles. The molecule has 4 nitrogen and oxygen atoms in total. The van der Waals surface area contributed by atoms with Crippen LogP contribution < -0.4 is 10.6 Å². The van der Waals surface area contributed by atoms with Crippen molar-refractivity contribution in [3.8, 4) is 6.07 Å². The Morgan fingerprint density at radius 1 is 1.14 bits per heavy atom. The van der Waals surface area contributed by atoms with Crippen LogP contribution in [0.25, 0.3) is 0 Å². The molecule has 0 spiro atoms. The van der Waals surface area contributed by atoms with Crippen LogP contribution >= 0.6 is 23.2 Å². The van der Waals surface area contributed by atoms with Crippen LogP contribution in [0.2, 0.25) is 10.0 Å². The molecule has 0 bridgehead atoms. The molecule has 1 aliphatic rings. The van der Waals surface area contributed by atoms with Crippen LogP contribution in [-0.4, -0.2) is 25.5 Å². The lowest BCUT2D eigenvalue weighted by Gasteiger charge is -2.37. The van der Waals surface area contributed by atoms with Gasteiger partial charge in [-0.05, 0) is 53.1 Å². The molecule has 1 fully saturated rings. The van der Waals surface area contributed by atoms with E-state index < -0.39 is 5.41 Å². The first-order valence-corrected chi connectivity index (χ1v) is 13.2. The third-order valence-electron chi connectivity index (χ3n) is 6.89. The first-order valence-electron chi connectivity index (χ1n) is 12.4. The average molecular weight is 517 g/mol. The average Bonchev–Trinajstić information content (AvgIpc) is 3.18. The van der Waals surface area contributed by atoms with Gasteiger partial charge in [0.05, 0.1) is 6.07 Å². The summed E-state index contributed by atoms with van der Waals surface area (Å²) in [6.45, 7) is 12.5. The van der Waals surface area contributed by atoms with Crippen LogP contribution in [0.4, 0.5) is 0 Å². The van der Waals surface area contributed by atoms with Crippen molar-refractivity contribution in [2.45, 2.75) is 71.3 Å². The SMILES string of the molecule is CC(C)(C)C[C@@H]1NCC(c2cccc(Cl)c2)[C@@]1(C#N)c1ccc(Cl)cc1.CCC(CC)CNC=O. The maximum atomic E-state index is 10.5. The summed E-state index contributed by atoms with van der Waals surface area (Å²) >= 11 is 12.4. The fourth-order valence-electron chi connectivity index (χ4n) is 4.92. The number of carbonyl (C=O) groups excluding carboxylic acids is 1. The van der Waals surface area contributed by atoms with E-state index in [1.165, 1.54) is 0 Å². The van der Waals surface area contributed by atoms with Crippen molar-refractivity contribution in [2.75, 3.05) is 13.1 Å². The van der Waals surface area contributed by atoms with Crippen molar-refractivity contribution in [3.63, 3.8) is 0 Å². The molecule has 3 atom stereocenters. The molecule has 3 rings (SSSR count). The van der Waals surface area contributed by atoms with Gasteiger partial charge in [-0.25, -0.2) is 0 Å². The number of nitrogens with one attached hydrogen (secondary N) is 2. The number of nitrogens with zero attached hydrogens (tertiary/aromatic N) is 1. The predicted octanol–water partition coefficient (Wildman–Crippen LogP) is 7.12. The molecule has 0 radical (unpaired) electrons. The Kier molecular flexibility index (Phi) is 11.1. The van der Waals surface area contributed by atoms with E-state index in [-0.39, 0.29) is 17.4 Å². The molecule has 1 aliphatic heterocycles. The maximum Gasteiger partial charge on any atom is 0.207 e. The Labute approximate surface area is 221 Å². The first kappa shape index (κ1) is 29.2. The van der Waals surface area contributed by atoms with Gasteiger partial charge in [-0.3, -0.25) is 4.79 Å². The van der Waals surface area contributed by atoms with Gasteiger partial charge in [0, 0.05) is 35.1 Å². The number of hydrogen-bond donors (Lipinski definition) is 2. The highest BCUT2D eigenvalue weighted by atomic mass is 35.5. The smallest absolute Gasteiger partial charge is 0.207 e. The van der Waals surface area contributed by atoms with Crippen LogP contribution in [0, 0.1) is 22.7 Å². The van der Waals surface area contributed by atoms with Crippen molar-refractivity contribution in [1.82, 2.24) is 10.6 Å². The minimum atomic E-state index is -0.664. The van der Waals surface area contributed by atoms with Gasteiger partial charge in [0.15, 0.2) is 0 Å². The summed E-state index contributed by atoms with van der Waals surface area (Å²) in [5, 5.41) is 18.1. The normalized spacial score (nSPS) is 21.7. The van der Waals surface area contributed by atoms with Crippen molar-refractivity contribution in [3.05, 3.63) is 69.7 Å². The number of hydrogen-bond acceptors (Lipinski definition) is 3. The van der Waals surface area contributed by atoms with Gasteiger partial charge in [-0.2, -0.15) is 5.26 Å². The highest BCUT2D eigenvalue weighted by molar-refractivity contribution is 6.30. The Bertz CT molecular complexity index is 977. The second kappa shape index (κ2) is 13.3. The third kappa shape index (κ3) is 7.71. The molecule has 1 unspecified atom stereocenters. The summed E-state index contributed by atoms with van der Waals surface area (Å²) in [5.41, 5.74) is 1.55. The molecule has 1 heterocycles. The van der Waals surface area contributed by atoms with Gasteiger partial charge in [0.25, 0.3) is 0 Å². The number of benzene rings is 2. The van der Waals surface area contributed by atoms with Crippen molar-refractivity contribution in [1.29, 1.82) is 5.26 Å². The zero-order chi connectivity index (χ0) is 26.1. The molecule has 2 N–H and O–H groups in total. The number of halogens is 2. The molecule has 2 aromatic rings. The summed E-state index contributed by atoms with van der Waals surface area (Å²) < 4.78 is 0. The molecule has 190 valence electrons. The highest BCUT2D eigenvalue weighted by Crippen LogP contribution is 2.48. The summed E-state index contributed by atoms with van der Waals surface area (Å²) in [7, 11) is 0. The Morgan fingerprint density at radius 2 is 1.80 bits per heavy atom. The van der Waals surface area contributed by atoms with Crippen LogP contribution in [0.1, 0.15) is 70.9 Å². The van der Waals surface area contributed by atoms with Crippen LogP contribution in [-0.2, 0) is 10.2 Å². The Hall–Kier alpha value is -2.06. The Morgan fingerprint density at radius 3 is 2.31 bits per heavy atom. The Balaban J connectivity index is 0.000000410. The van der Waals surface area contributed by atoms with Crippen molar-refractivity contribution >= 4 is 29.6 Å². The molecule has 1 amide bonds. The van der Waals surface area contributed by atoms with E-state index in [9.17, 15) is 10.1 Å². The fraction of sp³-hybridized carbons (Fsp3) is 0.517. The topological polar surface area (TPSA) is 64.9 Å². The summed E-state index contributed by atoms with van der Waals surface area (Å²) in [4.78, 5) is 9.83. The van der Waals surface area contributed by atoms with Crippen LogP contribution in [0.3, 0.4) is 0 Å². The molecular formula is C29H39Cl2N3O. The quantitative estimate of drug-likeness (QED) is 0.368. The maximum absolute atomic E-state index is 10.5. The number of amides is 1. The lowest BCUT2D eigenvalue weighted by atomic mass is 9.64. The van der Waals surface area contributed by atoms with Gasteiger partial charge >= 0.3 is 0 Å². The monoisotopic (exact) mass is 515 g/mol. The van der Waals surface area contributed by atoms with E-state index in [0.717, 1.165) is 49.9 Å². The van der Waals surface area contributed by atoms with E-state index in [1.807, 2.05) is 42.5 Å². The van der Waals surface area contributed by atoms with E-state index in [0.29, 0.717) is 16.0 Å². The molecule has 0 aliphatic carbocycles. The van der Waals surface area contributed by atoms with Gasteiger partial charge in [-0.1, -0.05) is 94.9 Å². The molecule has 6 heteroatoms. The fourth-order valence-corrected chi connectivity index (χ4v) is 5.24. The lowest BCUT2D eigenvalue weighted by molar-refractivity contribution is -0.109. The molecule has 0 saturated carbocycles. The van der Waals surface area contributed by atoms with Crippen molar-refractivity contribution in [2.24, 2.45) is 11.3 Å². The second-order valence-corrected chi connectivity index (χ2v) is 11.4. The lowest BCUT2D eigenvalue weighted by Crippen LogP contribution is -2.44. The highest BCUT2D eigenvalue weighted by Gasteiger charge is 2.53. The number of rotatable bonds is 8. The predicted molar refractivity (Wildman–Crippen MR) is 147 cm³/mol. The van der Waals surface area contributed by atoms with E-state index in [1.54, 1.807) is 0 Å². The molecule has 35 heavy (non-hydrogen) atoms. The largest absolute Gasteiger partial charge is 0.358 e. The van der Waals surface area contributed by atoms with Gasteiger partial charge in [0.1, 0.15) is 5.41 Å². The second-order valence-electron chi connectivity index (χ2n) is 10.5.